The van der Waals surface area contributed by atoms with Crippen LogP contribution < -0.4 is 10.1 Å². The van der Waals surface area contributed by atoms with Gasteiger partial charge in [-0.2, -0.15) is 0 Å². The molecule has 2 amide bonds. The average molecular weight is 560 g/mol. The monoisotopic (exact) mass is 559 g/mol. The van der Waals surface area contributed by atoms with Gasteiger partial charge in [-0.3, -0.25) is 9.59 Å². The van der Waals surface area contributed by atoms with Crippen LogP contribution >= 0.6 is 23.1 Å². The Bertz CT molecular complexity index is 1350. The lowest BCUT2D eigenvalue weighted by Gasteiger charge is -2.17. The summed E-state index contributed by atoms with van der Waals surface area (Å²) in [4.78, 5) is 39.6. The number of hydrogen-bond acceptors (Lipinski definition) is 9. The van der Waals surface area contributed by atoms with Gasteiger partial charge in [-0.05, 0) is 51.8 Å². The van der Waals surface area contributed by atoms with Crippen LogP contribution in [0.25, 0.3) is 0 Å². The van der Waals surface area contributed by atoms with Crippen LogP contribution in [0, 0.1) is 20.8 Å². The summed E-state index contributed by atoms with van der Waals surface area (Å²) in [5.41, 5.74) is 2.85. The number of nitrogens with one attached hydrogen (secondary N) is 1. The number of esters is 1. The van der Waals surface area contributed by atoms with Gasteiger partial charge in [0.1, 0.15) is 10.8 Å². The molecule has 0 saturated heterocycles. The van der Waals surface area contributed by atoms with Gasteiger partial charge >= 0.3 is 5.97 Å². The van der Waals surface area contributed by atoms with E-state index >= 15 is 0 Å². The first kappa shape index (κ1) is 29.2. The second-order valence-corrected chi connectivity index (χ2v) is 10.9. The van der Waals surface area contributed by atoms with E-state index in [1.54, 1.807) is 21.0 Å². The lowest BCUT2D eigenvalue weighted by atomic mass is 10.1. The first-order valence-corrected chi connectivity index (χ1v) is 13.8. The van der Waals surface area contributed by atoms with Crippen molar-refractivity contribution in [3.8, 4) is 5.75 Å². The van der Waals surface area contributed by atoms with Gasteiger partial charge < -0.3 is 24.3 Å². The molecule has 10 nitrogen and oxygen atoms in total. The number of aromatic nitrogens is 3. The highest BCUT2D eigenvalue weighted by Gasteiger charge is 2.27. The van der Waals surface area contributed by atoms with Crippen LogP contribution in [-0.2, 0) is 16.1 Å². The van der Waals surface area contributed by atoms with Gasteiger partial charge in [-0.15, -0.1) is 21.5 Å². The van der Waals surface area contributed by atoms with Gasteiger partial charge in [0.25, 0.3) is 5.91 Å². The number of thioether (sulfide) groups is 1. The van der Waals surface area contributed by atoms with E-state index in [9.17, 15) is 14.4 Å². The van der Waals surface area contributed by atoms with Crippen LogP contribution in [0.5, 0.6) is 5.75 Å². The highest BCUT2D eigenvalue weighted by atomic mass is 32.2. The minimum atomic E-state index is -0.618. The van der Waals surface area contributed by atoms with Crippen molar-refractivity contribution in [2.75, 3.05) is 32.3 Å². The third-order valence-electron chi connectivity index (χ3n) is 5.78. The summed E-state index contributed by atoms with van der Waals surface area (Å²) in [7, 11) is 4.51. The molecule has 1 atom stereocenters. The molecule has 0 spiro atoms. The Balaban J connectivity index is 1.74. The van der Waals surface area contributed by atoms with Gasteiger partial charge in [-0.25, -0.2) is 4.79 Å². The van der Waals surface area contributed by atoms with Crippen LogP contribution in [0.1, 0.15) is 62.5 Å². The number of aryl methyl sites for hydroxylation is 2. The molecule has 3 rings (SSSR count). The Morgan fingerprint density at radius 1 is 1.18 bits per heavy atom. The van der Waals surface area contributed by atoms with Gasteiger partial charge in [-0.1, -0.05) is 29.5 Å². The van der Waals surface area contributed by atoms with Gasteiger partial charge in [0.2, 0.25) is 5.91 Å². The number of methoxy groups -OCH3 is 1. The second kappa shape index (κ2) is 12.4. The summed E-state index contributed by atoms with van der Waals surface area (Å²) in [6.07, 6.45) is -0.351. The number of carbonyl (C=O) groups excluding carboxylic acids is 3. The molecule has 1 aromatic carbocycles. The van der Waals surface area contributed by atoms with Crippen molar-refractivity contribution >= 4 is 45.9 Å². The van der Waals surface area contributed by atoms with Crippen molar-refractivity contribution in [2.45, 2.75) is 52.4 Å². The number of ether oxygens (including phenoxy) is 2. The molecule has 38 heavy (non-hydrogen) atoms. The molecule has 0 bridgehead atoms. The molecular formula is C26H33N5O5S2. The fourth-order valence-electron chi connectivity index (χ4n) is 3.83. The van der Waals surface area contributed by atoms with E-state index in [0.717, 1.165) is 28.2 Å². The van der Waals surface area contributed by atoms with Crippen molar-refractivity contribution in [1.82, 2.24) is 19.7 Å². The van der Waals surface area contributed by atoms with E-state index < -0.39 is 5.97 Å². The highest BCUT2D eigenvalue weighted by molar-refractivity contribution is 7.99. The second-order valence-electron chi connectivity index (χ2n) is 8.90. The number of thiophene rings is 1. The fraction of sp³-hybridized carbons (Fsp3) is 0.423. The van der Waals surface area contributed by atoms with Gasteiger partial charge in [0, 0.05) is 20.6 Å². The first-order chi connectivity index (χ1) is 18.0. The number of hydrogen-bond donors (Lipinski definition) is 1. The van der Waals surface area contributed by atoms with Crippen molar-refractivity contribution in [1.29, 1.82) is 0 Å². The van der Waals surface area contributed by atoms with Crippen LogP contribution in [0.3, 0.4) is 0 Å². The first-order valence-electron chi connectivity index (χ1n) is 12.0. The third kappa shape index (κ3) is 6.36. The summed E-state index contributed by atoms with van der Waals surface area (Å²) in [6.45, 7) is 10.2. The maximum atomic E-state index is 12.9. The molecule has 0 aliphatic heterocycles. The zero-order chi connectivity index (χ0) is 28.1. The number of amides is 2. The van der Waals surface area contributed by atoms with Crippen molar-refractivity contribution < 1.29 is 23.9 Å². The lowest BCUT2D eigenvalue weighted by Crippen LogP contribution is -2.21. The molecule has 1 N–H and O–H groups in total. The largest absolute Gasteiger partial charge is 0.482 e. The van der Waals surface area contributed by atoms with Crippen LogP contribution in [-0.4, -0.2) is 64.4 Å². The maximum absolute atomic E-state index is 12.9. The molecule has 1 unspecified atom stereocenters. The number of benzene rings is 1. The topological polar surface area (TPSA) is 116 Å². The van der Waals surface area contributed by atoms with E-state index in [1.807, 2.05) is 44.4 Å². The predicted octanol–water partition coefficient (Wildman–Crippen LogP) is 4.64. The Kier molecular flexibility index (Phi) is 9.55. The van der Waals surface area contributed by atoms with E-state index in [4.69, 9.17) is 9.47 Å². The zero-order valence-electron chi connectivity index (χ0n) is 22.9. The van der Waals surface area contributed by atoms with Crippen LogP contribution in [0.2, 0.25) is 0 Å². The molecule has 0 aliphatic rings. The normalized spacial score (nSPS) is 11.7. The number of nitrogens with zero attached hydrogens (tertiary/aromatic N) is 4. The summed E-state index contributed by atoms with van der Waals surface area (Å²) in [5, 5.41) is 12.2. The zero-order valence-corrected chi connectivity index (χ0v) is 24.5. The molecule has 12 heteroatoms. The highest BCUT2D eigenvalue weighted by Crippen LogP contribution is 2.35. The molecule has 2 heterocycles. The van der Waals surface area contributed by atoms with Crippen LogP contribution in [0.15, 0.2) is 23.4 Å². The number of rotatable bonds is 10. The molecule has 0 saturated carbocycles. The summed E-state index contributed by atoms with van der Waals surface area (Å²) in [6, 6.07) is 6.01. The average Bonchev–Trinajstić information content (AvgIpc) is 3.43. The van der Waals surface area contributed by atoms with Crippen molar-refractivity contribution in [3.63, 3.8) is 0 Å². The Morgan fingerprint density at radius 3 is 2.50 bits per heavy atom. The van der Waals surface area contributed by atoms with E-state index in [2.05, 4.69) is 21.6 Å². The smallest absolute Gasteiger partial charge is 0.341 e. The number of carbonyl (C=O) groups is 3. The summed E-state index contributed by atoms with van der Waals surface area (Å²) < 4.78 is 13.0. The van der Waals surface area contributed by atoms with Crippen molar-refractivity contribution in [2.24, 2.45) is 0 Å². The third-order valence-corrected chi connectivity index (χ3v) is 7.94. The summed E-state index contributed by atoms with van der Waals surface area (Å²) in [5.74, 6) is 0.239. The van der Waals surface area contributed by atoms with Gasteiger partial charge in [0.05, 0.1) is 23.3 Å². The minimum absolute atomic E-state index is 0.0267. The quantitative estimate of drug-likeness (QED) is 0.282. The van der Waals surface area contributed by atoms with E-state index in [1.165, 1.54) is 23.8 Å². The molecule has 0 radical (unpaired) electrons. The fourth-order valence-corrected chi connectivity index (χ4v) is 5.87. The standard InChI is InChI=1S/C26H33N5O5S2/c1-9-31-22(17(5)36-18-11-10-14(2)12-15(18)3)28-29-26(31)37-13-19(32)27-23-20(25(34)35-8)16(4)21(38-23)24(33)30(6)7/h10-12,17H,9,13H2,1-8H3,(H,27,32). The molecule has 0 aliphatic carbocycles. The Hall–Kier alpha value is -3.38. The molecule has 2 aromatic heterocycles. The maximum Gasteiger partial charge on any atom is 0.341 e. The Morgan fingerprint density at radius 2 is 1.89 bits per heavy atom. The molecule has 204 valence electrons. The van der Waals surface area contributed by atoms with Gasteiger partial charge in [0.15, 0.2) is 17.1 Å². The lowest BCUT2D eigenvalue weighted by molar-refractivity contribution is -0.113. The van der Waals surface area contributed by atoms with Crippen LogP contribution in [0.4, 0.5) is 5.00 Å². The van der Waals surface area contributed by atoms with E-state index in [0.29, 0.717) is 28.0 Å². The minimum Gasteiger partial charge on any atom is -0.482 e. The Labute approximate surface area is 230 Å². The molecule has 0 fully saturated rings. The predicted molar refractivity (Wildman–Crippen MR) is 148 cm³/mol. The number of anilines is 1. The molecule has 3 aromatic rings. The summed E-state index contributed by atoms with van der Waals surface area (Å²) >= 11 is 2.28. The SMILES string of the molecule is CCn1c(SCC(=O)Nc2sc(C(=O)N(C)C)c(C)c2C(=O)OC)nnc1C(C)Oc1ccc(C)cc1C. The van der Waals surface area contributed by atoms with E-state index in [-0.39, 0.29) is 34.2 Å². The van der Waals surface area contributed by atoms with Crippen molar-refractivity contribution in [3.05, 3.63) is 51.2 Å². The molecular weight excluding hydrogens is 526 g/mol.